The van der Waals surface area contributed by atoms with Gasteiger partial charge in [0, 0.05) is 17.7 Å². The zero-order chi connectivity index (χ0) is 14.2. The molecule has 2 aliphatic heterocycles. The Kier molecular flexibility index (Phi) is 4.25. The monoisotopic (exact) mass is 304 g/mol. The largest absolute Gasteiger partial charge is 0.346 e. The SMILES string of the molecule is CC[C@H](C)C(=O)N=C1S[C@H]2CS(=O)(=O)C[C@@H]2N1CC. The average Bonchev–Trinajstić information content (AvgIpc) is 2.78. The number of rotatable bonds is 3. The van der Waals surface area contributed by atoms with Crippen molar-refractivity contribution in [2.45, 2.75) is 38.5 Å². The number of amidine groups is 1. The zero-order valence-corrected chi connectivity index (χ0v) is 13.1. The third-order valence-corrected chi connectivity index (χ3v) is 7.00. The summed E-state index contributed by atoms with van der Waals surface area (Å²) in [5.41, 5.74) is 0. The fourth-order valence-electron chi connectivity index (χ4n) is 2.38. The molecule has 0 bridgehead atoms. The molecule has 0 aromatic rings. The minimum absolute atomic E-state index is 0.0107. The van der Waals surface area contributed by atoms with Crippen LogP contribution in [-0.4, -0.2) is 53.7 Å². The van der Waals surface area contributed by atoms with E-state index in [2.05, 4.69) is 4.99 Å². The Hall–Kier alpha value is -0.560. The third kappa shape index (κ3) is 2.97. The first kappa shape index (κ1) is 14.8. The molecular formula is C12H20N2O3S2. The van der Waals surface area contributed by atoms with Crippen molar-refractivity contribution in [1.29, 1.82) is 0 Å². The molecule has 3 atom stereocenters. The molecule has 0 saturated carbocycles. The van der Waals surface area contributed by atoms with E-state index < -0.39 is 9.84 Å². The van der Waals surface area contributed by atoms with Crippen molar-refractivity contribution in [1.82, 2.24) is 4.90 Å². The highest BCUT2D eigenvalue weighted by atomic mass is 32.2. The number of carbonyl (C=O) groups is 1. The molecule has 2 rings (SSSR count). The molecule has 0 aromatic heterocycles. The van der Waals surface area contributed by atoms with Gasteiger partial charge in [-0.25, -0.2) is 8.42 Å². The van der Waals surface area contributed by atoms with Gasteiger partial charge in [-0.15, -0.1) is 0 Å². The summed E-state index contributed by atoms with van der Waals surface area (Å²) in [6.45, 7) is 6.49. The Morgan fingerprint density at radius 1 is 1.47 bits per heavy atom. The minimum atomic E-state index is -2.92. The quantitative estimate of drug-likeness (QED) is 0.782. The lowest BCUT2D eigenvalue weighted by Crippen LogP contribution is -2.37. The Bertz CT molecular complexity index is 501. The normalized spacial score (nSPS) is 32.6. The Morgan fingerprint density at radius 3 is 2.74 bits per heavy atom. The number of aliphatic imine (C=N–C) groups is 1. The van der Waals surface area contributed by atoms with E-state index in [4.69, 9.17) is 0 Å². The second kappa shape index (κ2) is 5.44. The van der Waals surface area contributed by atoms with Crippen molar-refractivity contribution in [3.63, 3.8) is 0 Å². The lowest BCUT2D eigenvalue weighted by atomic mass is 10.1. The first-order valence-electron chi connectivity index (χ1n) is 6.64. The Labute approximate surface area is 118 Å². The fourth-order valence-corrected chi connectivity index (χ4v) is 6.41. The summed E-state index contributed by atoms with van der Waals surface area (Å²) in [4.78, 5) is 18.1. The molecule has 108 valence electrons. The predicted octanol–water partition coefficient (Wildman–Crippen LogP) is 1.15. The first-order valence-corrected chi connectivity index (χ1v) is 9.34. The molecule has 0 aromatic carbocycles. The molecular weight excluding hydrogens is 284 g/mol. The van der Waals surface area contributed by atoms with Gasteiger partial charge in [0.25, 0.3) is 5.91 Å². The summed E-state index contributed by atoms with van der Waals surface area (Å²) >= 11 is 1.45. The van der Waals surface area contributed by atoms with E-state index in [0.29, 0.717) is 11.7 Å². The molecule has 0 radical (unpaired) electrons. The number of carbonyl (C=O) groups excluding carboxylic acids is 1. The number of thioether (sulfide) groups is 1. The third-order valence-electron chi connectivity index (χ3n) is 3.76. The van der Waals surface area contributed by atoms with E-state index in [1.54, 1.807) is 0 Å². The van der Waals surface area contributed by atoms with Gasteiger partial charge in [0.15, 0.2) is 15.0 Å². The second-order valence-electron chi connectivity index (χ2n) is 5.13. The van der Waals surface area contributed by atoms with Crippen LogP contribution in [0, 0.1) is 5.92 Å². The maximum atomic E-state index is 11.9. The van der Waals surface area contributed by atoms with Gasteiger partial charge in [-0.3, -0.25) is 4.79 Å². The summed E-state index contributed by atoms with van der Waals surface area (Å²) in [5.74, 6) is 0.215. The smallest absolute Gasteiger partial charge is 0.250 e. The standard InChI is InChI=1S/C12H20N2O3S2/c1-4-8(3)11(15)13-12-14(5-2)9-6-19(16,17)7-10(9)18-12/h8-10H,4-7H2,1-3H3/t8-,9-,10-/m0/s1. The molecule has 2 fully saturated rings. The molecule has 1 amide bonds. The number of hydrogen-bond acceptors (Lipinski definition) is 4. The van der Waals surface area contributed by atoms with Gasteiger partial charge in [0.1, 0.15) is 0 Å². The van der Waals surface area contributed by atoms with Crippen LogP contribution in [0.1, 0.15) is 27.2 Å². The molecule has 2 saturated heterocycles. The Morgan fingerprint density at radius 2 is 2.16 bits per heavy atom. The van der Waals surface area contributed by atoms with E-state index in [1.807, 2.05) is 25.7 Å². The highest BCUT2D eigenvalue weighted by Gasteiger charge is 2.48. The van der Waals surface area contributed by atoms with E-state index in [1.165, 1.54) is 11.8 Å². The van der Waals surface area contributed by atoms with Gasteiger partial charge >= 0.3 is 0 Å². The van der Waals surface area contributed by atoms with Crippen LogP contribution in [-0.2, 0) is 14.6 Å². The lowest BCUT2D eigenvalue weighted by molar-refractivity contribution is -0.121. The van der Waals surface area contributed by atoms with Crippen LogP contribution in [0.25, 0.3) is 0 Å². The second-order valence-corrected chi connectivity index (χ2v) is 8.49. The molecule has 0 unspecified atom stereocenters. The maximum Gasteiger partial charge on any atom is 0.250 e. The van der Waals surface area contributed by atoms with Crippen molar-refractivity contribution < 1.29 is 13.2 Å². The van der Waals surface area contributed by atoms with Crippen LogP contribution in [0.3, 0.4) is 0 Å². The highest BCUT2D eigenvalue weighted by molar-refractivity contribution is 8.15. The van der Waals surface area contributed by atoms with Crippen molar-refractivity contribution in [2.75, 3.05) is 18.1 Å². The summed E-state index contributed by atoms with van der Waals surface area (Å²) < 4.78 is 23.3. The maximum absolute atomic E-state index is 11.9. The van der Waals surface area contributed by atoms with E-state index in [0.717, 1.165) is 6.42 Å². The van der Waals surface area contributed by atoms with E-state index >= 15 is 0 Å². The number of sulfone groups is 1. The van der Waals surface area contributed by atoms with Gasteiger partial charge in [-0.2, -0.15) is 4.99 Å². The number of fused-ring (bicyclic) bond motifs is 1. The van der Waals surface area contributed by atoms with E-state index in [-0.39, 0.29) is 34.6 Å². The lowest BCUT2D eigenvalue weighted by Gasteiger charge is -2.22. The first-order chi connectivity index (χ1) is 8.88. The van der Waals surface area contributed by atoms with Crippen LogP contribution in [0.4, 0.5) is 0 Å². The zero-order valence-electron chi connectivity index (χ0n) is 11.5. The summed E-state index contributed by atoms with van der Waals surface area (Å²) in [5, 5.41) is 0.742. The van der Waals surface area contributed by atoms with Gasteiger partial charge < -0.3 is 4.90 Å². The van der Waals surface area contributed by atoms with Gasteiger partial charge in [0.2, 0.25) is 0 Å². The van der Waals surface area contributed by atoms with Crippen molar-refractivity contribution in [2.24, 2.45) is 10.9 Å². The number of hydrogen-bond donors (Lipinski definition) is 0. The topological polar surface area (TPSA) is 66.8 Å². The van der Waals surface area contributed by atoms with Gasteiger partial charge in [-0.1, -0.05) is 25.6 Å². The van der Waals surface area contributed by atoms with Gasteiger partial charge in [-0.05, 0) is 13.3 Å². The molecule has 2 heterocycles. The fraction of sp³-hybridized carbons (Fsp3) is 0.833. The van der Waals surface area contributed by atoms with Crippen LogP contribution >= 0.6 is 11.8 Å². The number of nitrogens with zero attached hydrogens (tertiary/aromatic N) is 2. The van der Waals surface area contributed by atoms with Crippen LogP contribution in [0.2, 0.25) is 0 Å². The molecule has 19 heavy (non-hydrogen) atoms. The van der Waals surface area contributed by atoms with Crippen molar-refractivity contribution in [3.8, 4) is 0 Å². The molecule has 0 N–H and O–H groups in total. The van der Waals surface area contributed by atoms with Crippen molar-refractivity contribution in [3.05, 3.63) is 0 Å². The highest BCUT2D eigenvalue weighted by Crippen LogP contribution is 2.37. The molecule has 7 heteroatoms. The predicted molar refractivity (Wildman–Crippen MR) is 78.1 cm³/mol. The number of amides is 1. The average molecular weight is 304 g/mol. The minimum Gasteiger partial charge on any atom is -0.346 e. The summed E-state index contributed by atoms with van der Waals surface area (Å²) in [6, 6.07) is -0.0107. The summed E-state index contributed by atoms with van der Waals surface area (Å²) in [6.07, 6.45) is 0.771. The molecule has 0 aliphatic carbocycles. The van der Waals surface area contributed by atoms with E-state index in [9.17, 15) is 13.2 Å². The molecule has 2 aliphatic rings. The van der Waals surface area contributed by atoms with Crippen LogP contribution < -0.4 is 0 Å². The van der Waals surface area contributed by atoms with Crippen LogP contribution in [0.15, 0.2) is 4.99 Å². The Balaban J connectivity index is 2.18. The molecule has 5 nitrogen and oxygen atoms in total. The van der Waals surface area contributed by atoms with Crippen molar-refractivity contribution >= 4 is 32.7 Å². The van der Waals surface area contributed by atoms with Gasteiger partial charge in [0.05, 0.1) is 17.5 Å². The summed E-state index contributed by atoms with van der Waals surface area (Å²) in [7, 11) is -2.92. The molecule has 0 spiro atoms. The van der Waals surface area contributed by atoms with Crippen LogP contribution in [0.5, 0.6) is 0 Å².